The van der Waals surface area contributed by atoms with Crippen molar-refractivity contribution in [1.82, 2.24) is 24.8 Å². The van der Waals surface area contributed by atoms with Crippen molar-refractivity contribution in [2.45, 2.75) is 19.1 Å². The summed E-state index contributed by atoms with van der Waals surface area (Å²) in [6, 6.07) is 6.89. The number of nitrogens with zero attached hydrogens (tertiary/aromatic N) is 5. The molecule has 3 aromatic rings. The first-order chi connectivity index (χ1) is 18.6. The lowest BCUT2D eigenvalue weighted by atomic mass is 10.0. The number of fused-ring (bicyclic) bond motifs is 1. The zero-order valence-electron chi connectivity index (χ0n) is 21.0. The van der Waals surface area contributed by atoms with Crippen LogP contribution in [0.25, 0.3) is 0 Å². The second kappa shape index (κ2) is 10.8. The van der Waals surface area contributed by atoms with E-state index < -0.39 is 17.6 Å². The van der Waals surface area contributed by atoms with Gasteiger partial charge in [0.05, 0.1) is 12.0 Å². The smallest absolute Gasteiger partial charge is 0.321 e. The Labute approximate surface area is 222 Å². The van der Waals surface area contributed by atoms with Crippen LogP contribution in [0.3, 0.4) is 0 Å². The summed E-state index contributed by atoms with van der Waals surface area (Å²) in [7, 11) is 1.98. The van der Waals surface area contributed by atoms with E-state index in [9.17, 15) is 22.8 Å². The summed E-state index contributed by atoms with van der Waals surface area (Å²) in [5, 5.41) is 5.13. The average Bonchev–Trinajstić information content (AvgIpc) is 3.28. The van der Waals surface area contributed by atoms with Crippen LogP contribution in [0.4, 0.5) is 24.7 Å². The van der Waals surface area contributed by atoms with Gasteiger partial charge in [-0.2, -0.15) is 13.2 Å². The molecule has 4 heterocycles. The lowest BCUT2D eigenvalue weighted by molar-refractivity contribution is -0.138. The number of benzene rings is 1. The molecule has 2 aromatic heterocycles. The van der Waals surface area contributed by atoms with Crippen molar-refractivity contribution in [2.24, 2.45) is 0 Å². The van der Waals surface area contributed by atoms with Crippen LogP contribution in [0.2, 0.25) is 0 Å². The molecule has 0 aliphatic carbocycles. The minimum absolute atomic E-state index is 0.00747. The number of pyridine rings is 1. The maximum Gasteiger partial charge on any atom is 0.416 e. The van der Waals surface area contributed by atoms with E-state index in [0.29, 0.717) is 24.5 Å². The number of nitrogens with one attached hydrogen (secondary N) is 2. The van der Waals surface area contributed by atoms with Gasteiger partial charge in [0.15, 0.2) is 0 Å². The van der Waals surface area contributed by atoms with Crippen molar-refractivity contribution < 1.29 is 22.8 Å². The molecular weight excluding hydrogens is 511 g/mol. The van der Waals surface area contributed by atoms with Gasteiger partial charge in [-0.1, -0.05) is 12.0 Å². The normalized spacial score (nSPS) is 15.7. The number of piperazine rings is 1. The van der Waals surface area contributed by atoms with Gasteiger partial charge in [-0.3, -0.25) is 14.5 Å². The summed E-state index contributed by atoms with van der Waals surface area (Å²) in [5.74, 6) is 5.31. The fraction of sp³-hybridized carbons (Fsp3) is 0.296. The minimum atomic E-state index is -4.57. The van der Waals surface area contributed by atoms with E-state index in [1.54, 1.807) is 6.07 Å². The second-order valence-corrected chi connectivity index (χ2v) is 9.38. The van der Waals surface area contributed by atoms with Gasteiger partial charge >= 0.3 is 6.18 Å². The molecule has 1 fully saturated rings. The van der Waals surface area contributed by atoms with E-state index in [-0.39, 0.29) is 41.6 Å². The maximum atomic E-state index is 13.9. The van der Waals surface area contributed by atoms with Crippen LogP contribution in [0, 0.1) is 11.8 Å². The lowest BCUT2D eigenvalue weighted by Gasteiger charge is -2.33. The highest BCUT2D eigenvalue weighted by molar-refractivity contribution is 6.03. The number of carbonyl (C=O) groups excluding carboxylic acids is 2. The third kappa shape index (κ3) is 6.39. The van der Waals surface area contributed by atoms with Gasteiger partial charge in [0.1, 0.15) is 11.5 Å². The second-order valence-electron chi connectivity index (χ2n) is 9.38. The van der Waals surface area contributed by atoms with Crippen LogP contribution in [0.5, 0.6) is 0 Å². The topological polar surface area (TPSA) is 103 Å². The van der Waals surface area contributed by atoms with Gasteiger partial charge in [-0.25, -0.2) is 15.0 Å². The van der Waals surface area contributed by atoms with Crippen molar-refractivity contribution in [3.8, 4) is 11.8 Å². The predicted octanol–water partition coefficient (Wildman–Crippen LogP) is 2.78. The molecule has 0 atom stereocenters. The average molecular weight is 536 g/mol. The third-order valence-electron chi connectivity index (χ3n) is 6.45. The number of anilines is 2. The molecule has 12 heteroatoms. The highest BCUT2D eigenvalue weighted by Crippen LogP contribution is 2.34. The van der Waals surface area contributed by atoms with E-state index in [1.807, 2.05) is 11.9 Å². The zero-order chi connectivity index (χ0) is 27.6. The van der Waals surface area contributed by atoms with E-state index in [1.165, 1.54) is 30.6 Å². The van der Waals surface area contributed by atoms with Gasteiger partial charge in [0.2, 0.25) is 11.7 Å². The lowest BCUT2D eigenvalue weighted by Crippen LogP contribution is -2.44. The third-order valence-corrected chi connectivity index (χ3v) is 6.45. The number of likely N-dealkylation sites (N-methyl/N-ethyl adjacent to an activating group) is 1. The fourth-order valence-electron chi connectivity index (χ4n) is 4.35. The fourth-order valence-corrected chi connectivity index (χ4v) is 4.35. The quantitative estimate of drug-likeness (QED) is 0.496. The standard InChI is InChI=1S/C27H24F3N7O2/c1-36-8-10-37(11-9-36)16-18-3-4-20(14-21(18)27(28,29)30)33-26(39)22-6-7-31-23(34-22)5-2-17-12-19-13-24(38)35-25(19)32-15-17/h3-4,6-7,12,14-15H,8-11,13,16H2,1H3,(H,33,39)(H,32,35,38). The van der Waals surface area contributed by atoms with Crippen LogP contribution >= 0.6 is 0 Å². The van der Waals surface area contributed by atoms with Crippen molar-refractivity contribution in [1.29, 1.82) is 0 Å². The molecular formula is C27H24F3N7O2. The number of rotatable bonds is 4. The van der Waals surface area contributed by atoms with Crippen LogP contribution < -0.4 is 10.6 Å². The van der Waals surface area contributed by atoms with Gasteiger partial charge in [-0.15, -0.1) is 0 Å². The monoisotopic (exact) mass is 535 g/mol. The SMILES string of the molecule is CN1CCN(Cc2ccc(NC(=O)c3ccnc(C#Cc4cnc5c(c4)CC(=O)N5)n3)cc2C(F)(F)F)CC1. The zero-order valence-corrected chi connectivity index (χ0v) is 21.0. The molecule has 0 spiro atoms. The van der Waals surface area contributed by atoms with Crippen LogP contribution in [-0.2, 0) is 23.9 Å². The molecule has 0 radical (unpaired) electrons. The van der Waals surface area contributed by atoms with Crippen molar-refractivity contribution in [2.75, 3.05) is 43.9 Å². The number of alkyl halides is 3. The molecule has 2 aliphatic rings. The Kier molecular flexibility index (Phi) is 7.28. The predicted molar refractivity (Wildman–Crippen MR) is 137 cm³/mol. The molecule has 200 valence electrons. The number of carbonyl (C=O) groups is 2. The molecule has 39 heavy (non-hydrogen) atoms. The summed E-state index contributed by atoms with van der Waals surface area (Å²) < 4.78 is 41.6. The van der Waals surface area contributed by atoms with Crippen LogP contribution in [0.1, 0.15) is 38.6 Å². The molecule has 5 rings (SSSR count). The molecule has 1 aromatic carbocycles. The first-order valence-electron chi connectivity index (χ1n) is 12.2. The molecule has 0 unspecified atom stereocenters. The molecule has 2 amide bonds. The van der Waals surface area contributed by atoms with E-state index in [4.69, 9.17) is 0 Å². The molecule has 2 N–H and O–H groups in total. The van der Waals surface area contributed by atoms with Crippen LogP contribution in [0.15, 0.2) is 42.7 Å². The number of halogens is 3. The largest absolute Gasteiger partial charge is 0.416 e. The maximum absolute atomic E-state index is 13.9. The number of hydrogen-bond donors (Lipinski definition) is 2. The molecule has 1 saturated heterocycles. The Balaban J connectivity index is 1.30. The Morgan fingerprint density at radius 1 is 1.10 bits per heavy atom. The van der Waals surface area contributed by atoms with Crippen molar-refractivity contribution in [3.63, 3.8) is 0 Å². The Morgan fingerprint density at radius 2 is 1.90 bits per heavy atom. The molecule has 0 saturated carbocycles. The van der Waals surface area contributed by atoms with Gasteiger partial charge in [-0.05, 0) is 42.8 Å². The molecule has 2 aliphatic heterocycles. The Morgan fingerprint density at radius 3 is 2.67 bits per heavy atom. The van der Waals surface area contributed by atoms with E-state index in [0.717, 1.165) is 24.7 Å². The highest BCUT2D eigenvalue weighted by atomic mass is 19.4. The van der Waals surface area contributed by atoms with E-state index in [2.05, 4.69) is 42.3 Å². The minimum Gasteiger partial charge on any atom is -0.321 e. The first-order valence-corrected chi connectivity index (χ1v) is 12.2. The summed E-state index contributed by atoms with van der Waals surface area (Å²) in [5.41, 5.74) is 0.604. The Hall–Kier alpha value is -4.34. The number of aromatic nitrogens is 3. The Bertz CT molecular complexity index is 1490. The highest BCUT2D eigenvalue weighted by Gasteiger charge is 2.34. The first kappa shape index (κ1) is 26.3. The van der Waals surface area contributed by atoms with Crippen LogP contribution in [-0.4, -0.2) is 69.8 Å². The van der Waals surface area contributed by atoms with Gasteiger partial charge in [0, 0.05) is 61.9 Å². The van der Waals surface area contributed by atoms with Crippen molar-refractivity contribution >= 4 is 23.3 Å². The summed E-state index contributed by atoms with van der Waals surface area (Å²) in [6.45, 7) is 3.14. The van der Waals surface area contributed by atoms with Gasteiger partial charge in [0.25, 0.3) is 5.91 Å². The van der Waals surface area contributed by atoms with Crippen molar-refractivity contribution in [3.05, 3.63) is 76.5 Å². The molecule has 0 bridgehead atoms. The van der Waals surface area contributed by atoms with Gasteiger partial charge < -0.3 is 15.5 Å². The summed E-state index contributed by atoms with van der Waals surface area (Å²) in [4.78, 5) is 40.7. The summed E-state index contributed by atoms with van der Waals surface area (Å²) in [6.07, 6.45) is -1.51. The van der Waals surface area contributed by atoms with E-state index >= 15 is 0 Å². The molecule has 9 nitrogen and oxygen atoms in total. The summed E-state index contributed by atoms with van der Waals surface area (Å²) >= 11 is 0. The number of hydrogen-bond acceptors (Lipinski definition) is 7. The number of amides is 2.